The first kappa shape index (κ1) is 17.5. The third-order valence-corrected chi connectivity index (χ3v) is 8.38. The van der Waals surface area contributed by atoms with Gasteiger partial charge in [-0.15, -0.1) is 0 Å². The van der Waals surface area contributed by atoms with Crippen LogP contribution in [0.25, 0.3) is 0 Å². The van der Waals surface area contributed by atoms with E-state index >= 15 is 0 Å². The molecule has 0 unspecified atom stereocenters. The van der Waals surface area contributed by atoms with Gasteiger partial charge in [-0.2, -0.15) is 0 Å². The fourth-order valence-corrected chi connectivity index (χ4v) is 7.24. The summed E-state index contributed by atoms with van der Waals surface area (Å²) >= 11 is 5.87. The molecule has 1 nitrogen and oxygen atoms in total. The molecule has 0 radical (unpaired) electrons. The van der Waals surface area contributed by atoms with Crippen LogP contribution in [0.15, 0.2) is 18.2 Å². The molecule has 1 aliphatic heterocycles. The zero-order valence-corrected chi connectivity index (χ0v) is 16.4. The average Bonchev–Trinajstić information content (AvgIpc) is 2.61. The Kier molecular flexibility index (Phi) is 4.77. The minimum atomic E-state index is -0.159. The lowest BCUT2D eigenvalue weighted by Gasteiger charge is -2.55. The van der Waals surface area contributed by atoms with Gasteiger partial charge < -0.3 is 0 Å². The molecule has 1 aromatic carbocycles. The Balaban J connectivity index is 1.14. The molecule has 6 rings (SSSR count). The van der Waals surface area contributed by atoms with Crippen molar-refractivity contribution in [2.45, 2.75) is 57.9 Å². The Hall–Kier alpha value is -0.600. The highest BCUT2D eigenvalue weighted by molar-refractivity contribution is 6.30. The molecule has 26 heavy (non-hydrogen) atoms. The number of piperidine rings is 1. The Bertz CT molecular complexity index is 624. The van der Waals surface area contributed by atoms with Crippen LogP contribution in [0.3, 0.4) is 0 Å². The van der Waals surface area contributed by atoms with Crippen LogP contribution in [0.5, 0.6) is 0 Å². The maximum atomic E-state index is 14.0. The van der Waals surface area contributed by atoms with Crippen molar-refractivity contribution in [3.05, 3.63) is 34.6 Å². The van der Waals surface area contributed by atoms with Crippen LogP contribution in [0, 0.1) is 41.3 Å². The predicted molar refractivity (Wildman–Crippen MR) is 105 cm³/mol. The minimum absolute atomic E-state index is 0.159. The Morgan fingerprint density at radius 3 is 2.23 bits per heavy atom. The first-order valence-electron chi connectivity index (χ1n) is 10.8. The lowest BCUT2D eigenvalue weighted by atomic mass is 9.50. The summed E-state index contributed by atoms with van der Waals surface area (Å²) in [6.45, 7) is 2.98. The van der Waals surface area contributed by atoms with Gasteiger partial charge in [0.2, 0.25) is 0 Å². The third kappa shape index (κ3) is 3.44. The van der Waals surface area contributed by atoms with Crippen molar-refractivity contribution in [1.82, 2.24) is 4.90 Å². The molecule has 1 heterocycles. The normalized spacial score (nSPS) is 37.4. The number of halogens is 2. The molecule has 0 atom stereocenters. The Labute approximate surface area is 162 Å². The average molecular weight is 376 g/mol. The second-order valence-electron chi connectivity index (χ2n) is 9.79. The van der Waals surface area contributed by atoms with Crippen molar-refractivity contribution in [1.29, 1.82) is 0 Å². The number of hydrogen-bond donors (Lipinski definition) is 0. The summed E-state index contributed by atoms with van der Waals surface area (Å²) in [6, 6.07) is 5.09. The highest BCUT2D eigenvalue weighted by Gasteiger charge is 2.48. The van der Waals surface area contributed by atoms with Crippen molar-refractivity contribution >= 4 is 11.6 Å². The van der Waals surface area contributed by atoms with Gasteiger partial charge in [-0.25, -0.2) is 4.39 Å². The summed E-state index contributed by atoms with van der Waals surface area (Å²) in [7, 11) is 0. The van der Waals surface area contributed by atoms with E-state index in [0.717, 1.165) is 60.7 Å². The molecular weight excluding hydrogens is 345 g/mol. The van der Waals surface area contributed by atoms with Gasteiger partial charge >= 0.3 is 0 Å². The molecule has 4 saturated carbocycles. The summed E-state index contributed by atoms with van der Waals surface area (Å²) in [5, 5.41) is 0.487. The SMILES string of the molecule is Fc1cc(Cl)ccc1CN1CCC(CC2C3CC4CC(C3)CC2C4)CC1. The summed E-state index contributed by atoms with van der Waals surface area (Å²) in [5.74, 6) is 6.08. The van der Waals surface area contributed by atoms with Crippen molar-refractivity contribution in [3.63, 3.8) is 0 Å². The van der Waals surface area contributed by atoms with Gasteiger partial charge in [-0.1, -0.05) is 17.7 Å². The molecule has 0 N–H and O–H groups in total. The molecule has 1 saturated heterocycles. The van der Waals surface area contributed by atoms with E-state index in [1.54, 1.807) is 38.2 Å². The molecule has 0 aromatic heterocycles. The summed E-state index contributed by atoms with van der Waals surface area (Å²) < 4.78 is 14.0. The molecule has 3 heteroatoms. The van der Waals surface area contributed by atoms with Crippen molar-refractivity contribution < 1.29 is 4.39 Å². The quantitative estimate of drug-likeness (QED) is 0.609. The molecular formula is C23H31ClFN. The summed E-state index contributed by atoms with van der Waals surface area (Å²) in [6.07, 6.45) is 11.8. The number of likely N-dealkylation sites (tertiary alicyclic amines) is 1. The van der Waals surface area contributed by atoms with Crippen molar-refractivity contribution in [2.75, 3.05) is 13.1 Å². The molecule has 0 amide bonds. The van der Waals surface area contributed by atoms with Crippen LogP contribution in [-0.4, -0.2) is 18.0 Å². The number of rotatable bonds is 4. The lowest BCUT2D eigenvalue weighted by molar-refractivity contribution is -0.0489. The van der Waals surface area contributed by atoms with E-state index in [1.807, 2.05) is 6.07 Å². The predicted octanol–water partition coefficient (Wildman–Crippen LogP) is 6.15. The van der Waals surface area contributed by atoms with Gasteiger partial charge in [0.15, 0.2) is 0 Å². The van der Waals surface area contributed by atoms with Crippen LogP contribution in [0.4, 0.5) is 4.39 Å². The molecule has 5 fully saturated rings. The van der Waals surface area contributed by atoms with Crippen LogP contribution in [0.2, 0.25) is 5.02 Å². The van der Waals surface area contributed by atoms with E-state index < -0.39 is 0 Å². The maximum absolute atomic E-state index is 14.0. The molecule has 142 valence electrons. The summed E-state index contributed by atoms with van der Waals surface area (Å²) in [5.41, 5.74) is 0.786. The number of hydrogen-bond acceptors (Lipinski definition) is 1. The van der Waals surface area contributed by atoms with Crippen LogP contribution >= 0.6 is 11.6 Å². The smallest absolute Gasteiger partial charge is 0.129 e. The number of nitrogens with zero attached hydrogens (tertiary/aromatic N) is 1. The Morgan fingerprint density at radius 2 is 1.62 bits per heavy atom. The zero-order chi connectivity index (χ0) is 17.7. The molecule has 1 aromatic rings. The van der Waals surface area contributed by atoms with Gasteiger partial charge in [-0.3, -0.25) is 4.90 Å². The van der Waals surface area contributed by atoms with Crippen LogP contribution < -0.4 is 0 Å². The third-order valence-electron chi connectivity index (χ3n) is 8.14. The zero-order valence-electron chi connectivity index (χ0n) is 15.7. The van der Waals surface area contributed by atoms with E-state index in [9.17, 15) is 4.39 Å². The van der Waals surface area contributed by atoms with Gasteiger partial charge in [0, 0.05) is 17.1 Å². The van der Waals surface area contributed by atoms with E-state index in [2.05, 4.69) is 4.90 Å². The van der Waals surface area contributed by atoms with Crippen molar-refractivity contribution in [2.24, 2.45) is 35.5 Å². The van der Waals surface area contributed by atoms with Crippen molar-refractivity contribution in [3.8, 4) is 0 Å². The van der Waals surface area contributed by atoms with Gasteiger partial charge in [-0.05, 0) is 112 Å². The fraction of sp³-hybridized carbons (Fsp3) is 0.739. The monoisotopic (exact) mass is 375 g/mol. The second-order valence-corrected chi connectivity index (χ2v) is 10.2. The minimum Gasteiger partial charge on any atom is -0.299 e. The first-order valence-corrected chi connectivity index (χ1v) is 11.2. The van der Waals surface area contributed by atoms with Gasteiger partial charge in [0.1, 0.15) is 5.82 Å². The Morgan fingerprint density at radius 1 is 0.962 bits per heavy atom. The molecule has 5 aliphatic rings. The summed E-state index contributed by atoms with van der Waals surface area (Å²) in [4.78, 5) is 2.43. The molecule has 4 aliphatic carbocycles. The van der Waals surface area contributed by atoms with Crippen LogP contribution in [-0.2, 0) is 6.54 Å². The fourth-order valence-electron chi connectivity index (χ4n) is 7.08. The van der Waals surface area contributed by atoms with E-state index in [4.69, 9.17) is 11.6 Å². The first-order chi connectivity index (χ1) is 12.6. The largest absolute Gasteiger partial charge is 0.299 e. The second kappa shape index (κ2) is 7.09. The van der Waals surface area contributed by atoms with Gasteiger partial charge in [0.25, 0.3) is 0 Å². The molecule has 0 spiro atoms. The van der Waals surface area contributed by atoms with E-state index in [1.165, 1.54) is 25.3 Å². The topological polar surface area (TPSA) is 3.24 Å². The van der Waals surface area contributed by atoms with Gasteiger partial charge in [0.05, 0.1) is 0 Å². The standard InChI is InChI=1S/C23H31ClFN/c24-21-2-1-18(23(25)13-21)14-26-5-3-15(4-6-26)12-22-19-8-16-7-17(10-19)11-20(22)9-16/h1-2,13,15-17,19-20,22H,3-12,14H2. The van der Waals surface area contributed by atoms with E-state index in [-0.39, 0.29) is 5.82 Å². The lowest BCUT2D eigenvalue weighted by Crippen LogP contribution is -2.46. The molecule has 4 bridgehead atoms. The highest BCUT2D eigenvalue weighted by Crippen LogP contribution is 2.58. The van der Waals surface area contributed by atoms with Crippen LogP contribution in [0.1, 0.15) is 56.9 Å². The number of benzene rings is 1. The maximum Gasteiger partial charge on any atom is 0.129 e. The highest BCUT2D eigenvalue weighted by atomic mass is 35.5. The van der Waals surface area contributed by atoms with E-state index in [0.29, 0.717) is 5.02 Å².